The lowest BCUT2D eigenvalue weighted by atomic mass is 10.1. The molecular formula is C17H26O8. The van der Waals surface area contributed by atoms with E-state index in [4.69, 9.17) is 18.9 Å². The van der Waals surface area contributed by atoms with Gasteiger partial charge in [0.15, 0.2) is 6.10 Å². The predicted octanol–water partition coefficient (Wildman–Crippen LogP) is 1.70. The van der Waals surface area contributed by atoms with Crippen molar-refractivity contribution in [2.45, 2.75) is 65.8 Å². The van der Waals surface area contributed by atoms with Crippen molar-refractivity contribution in [1.29, 1.82) is 0 Å². The first-order valence-corrected chi connectivity index (χ1v) is 7.78. The van der Waals surface area contributed by atoms with Crippen molar-refractivity contribution in [2.24, 2.45) is 0 Å². The van der Waals surface area contributed by atoms with Crippen LogP contribution in [0.4, 0.5) is 0 Å². The average Bonchev–Trinajstić information content (AvgIpc) is 2.39. The number of carbonyl (C=O) groups excluding carboxylic acids is 4. The Morgan fingerprint density at radius 2 is 1.40 bits per heavy atom. The molecule has 0 fully saturated rings. The SMILES string of the molecule is CC(=O)OC[C@@H](OC(C)=O)[C@H](C/C=C/C(=O)OC(C)(C)C)OC(C)=O. The molecule has 0 rings (SSSR count). The third-order valence-corrected chi connectivity index (χ3v) is 2.53. The molecule has 0 aromatic heterocycles. The Kier molecular flexibility index (Phi) is 9.48. The van der Waals surface area contributed by atoms with Crippen LogP contribution in [0.15, 0.2) is 12.2 Å². The molecule has 0 N–H and O–H groups in total. The van der Waals surface area contributed by atoms with Crippen molar-refractivity contribution < 1.29 is 38.1 Å². The summed E-state index contributed by atoms with van der Waals surface area (Å²) in [6.07, 6.45) is 0.788. The van der Waals surface area contributed by atoms with Crippen LogP contribution >= 0.6 is 0 Å². The van der Waals surface area contributed by atoms with E-state index in [1.807, 2.05) is 0 Å². The van der Waals surface area contributed by atoms with Gasteiger partial charge in [0.05, 0.1) is 0 Å². The summed E-state index contributed by atoms with van der Waals surface area (Å²) in [4.78, 5) is 45.1. The zero-order chi connectivity index (χ0) is 19.6. The third-order valence-electron chi connectivity index (χ3n) is 2.53. The number of carbonyl (C=O) groups is 4. The van der Waals surface area contributed by atoms with Gasteiger partial charge in [-0.1, -0.05) is 6.08 Å². The van der Waals surface area contributed by atoms with Crippen molar-refractivity contribution in [3.63, 3.8) is 0 Å². The lowest BCUT2D eigenvalue weighted by Gasteiger charge is -2.25. The van der Waals surface area contributed by atoms with Crippen molar-refractivity contribution in [1.82, 2.24) is 0 Å². The highest BCUT2D eigenvalue weighted by Gasteiger charge is 2.27. The van der Waals surface area contributed by atoms with E-state index in [1.165, 1.54) is 32.9 Å². The molecule has 142 valence electrons. The highest BCUT2D eigenvalue weighted by atomic mass is 16.6. The summed E-state index contributed by atoms with van der Waals surface area (Å²) >= 11 is 0. The smallest absolute Gasteiger partial charge is 0.330 e. The van der Waals surface area contributed by atoms with Gasteiger partial charge in [0.1, 0.15) is 18.3 Å². The predicted molar refractivity (Wildman–Crippen MR) is 87.3 cm³/mol. The standard InChI is InChI=1S/C17H26O8/c1-11(18)22-10-15(24-13(3)20)14(23-12(2)19)8-7-9-16(21)25-17(4,5)6/h7,9,14-15H,8,10H2,1-6H3/b9-7+/t14-,15+/m0/s1. The minimum atomic E-state index is -0.992. The fourth-order valence-corrected chi connectivity index (χ4v) is 1.75. The second-order valence-corrected chi connectivity index (χ2v) is 6.27. The van der Waals surface area contributed by atoms with Gasteiger partial charge in [0.2, 0.25) is 0 Å². The Labute approximate surface area is 147 Å². The van der Waals surface area contributed by atoms with Gasteiger partial charge in [0, 0.05) is 33.3 Å². The van der Waals surface area contributed by atoms with Crippen LogP contribution < -0.4 is 0 Å². The van der Waals surface area contributed by atoms with Crippen LogP contribution in [0, 0.1) is 0 Å². The second-order valence-electron chi connectivity index (χ2n) is 6.27. The first-order chi connectivity index (χ1) is 11.4. The molecule has 0 spiro atoms. The molecule has 0 saturated heterocycles. The zero-order valence-electron chi connectivity index (χ0n) is 15.5. The van der Waals surface area contributed by atoms with Crippen molar-refractivity contribution in [2.75, 3.05) is 6.61 Å². The molecule has 0 aliphatic carbocycles. The molecule has 0 bridgehead atoms. The summed E-state index contributed by atoms with van der Waals surface area (Å²) in [7, 11) is 0. The van der Waals surface area contributed by atoms with Gasteiger partial charge in [-0.25, -0.2) is 4.79 Å². The van der Waals surface area contributed by atoms with Crippen LogP contribution in [0.5, 0.6) is 0 Å². The molecule has 0 amide bonds. The molecule has 0 aliphatic rings. The molecule has 8 heteroatoms. The fraction of sp³-hybridized carbons (Fsp3) is 0.647. The number of hydrogen-bond acceptors (Lipinski definition) is 8. The quantitative estimate of drug-likeness (QED) is 0.367. The summed E-state index contributed by atoms with van der Waals surface area (Å²) in [6, 6.07) is 0. The Balaban J connectivity index is 5.02. The molecule has 0 aliphatic heterocycles. The lowest BCUT2D eigenvalue weighted by Crippen LogP contribution is -2.38. The van der Waals surface area contributed by atoms with Gasteiger partial charge in [0.25, 0.3) is 0 Å². The summed E-state index contributed by atoms with van der Waals surface area (Å²) in [5.74, 6) is -2.35. The van der Waals surface area contributed by atoms with E-state index in [-0.39, 0.29) is 13.0 Å². The maximum atomic E-state index is 11.7. The van der Waals surface area contributed by atoms with Crippen molar-refractivity contribution >= 4 is 23.9 Å². The Morgan fingerprint density at radius 3 is 1.84 bits per heavy atom. The van der Waals surface area contributed by atoms with Crippen LogP contribution in [0.3, 0.4) is 0 Å². The summed E-state index contributed by atoms with van der Waals surface area (Å²) < 4.78 is 20.1. The number of esters is 4. The van der Waals surface area contributed by atoms with Gasteiger partial charge in [-0.2, -0.15) is 0 Å². The first-order valence-electron chi connectivity index (χ1n) is 7.78. The first kappa shape index (κ1) is 22.6. The molecule has 0 radical (unpaired) electrons. The lowest BCUT2D eigenvalue weighted by molar-refractivity contribution is -0.172. The zero-order valence-corrected chi connectivity index (χ0v) is 15.5. The molecule has 2 atom stereocenters. The maximum Gasteiger partial charge on any atom is 0.330 e. The topological polar surface area (TPSA) is 105 Å². The second kappa shape index (κ2) is 10.5. The van der Waals surface area contributed by atoms with Crippen molar-refractivity contribution in [3.05, 3.63) is 12.2 Å². The summed E-state index contributed by atoms with van der Waals surface area (Å²) in [6.45, 7) is 8.51. The molecule has 25 heavy (non-hydrogen) atoms. The molecule has 0 unspecified atom stereocenters. The Hall–Kier alpha value is -2.38. The molecule has 8 nitrogen and oxygen atoms in total. The molecule has 0 saturated carbocycles. The van der Waals surface area contributed by atoms with E-state index in [0.717, 1.165) is 0 Å². The summed E-state index contributed by atoms with van der Waals surface area (Å²) in [5.41, 5.74) is -0.633. The average molecular weight is 358 g/mol. The third kappa shape index (κ3) is 12.7. The Bertz CT molecular complexity index is 515. The number of hydrogen-bond donors (Lipinski definition) is 0. The fourth-order valence-electron chi connectivity index (χ4n) is 1.75. The van der Waals surface area contributed by atoms with E-state index in [1.54, 1.807) is 20.8 Å². The highest BCUT2D eigenvalue weighted by molar-refractivity contribution is 5.82. The molecule has 0 aromatic carbocycles. The van der Waals surface area contributed by atoms with Crippen molar-refractivity contribution in [3.8, 4) is 0 Å². The molecule has 0 aromatic rings. The van der Waals surface area contributed by atoms with Crippen LogP contribution in [0.25, 0.3) is 0 Å². The number of rotatable bonds is 8. The largest absolute Gasteiger partial charge is 0.462 e. The molecule has 0 heterocycles. The van der Waals surface area contributed by atoms with Gasteiger partial charge < -0.3 is 18.9 Å². The van der Waals surface area contributed by atoms with E-state index >= 15 is 0 Å². The minimum Gasteiger partial charge on any atom is -0.462 e. The van der Waals surface area contributed by atoms with Gasteiger partial charge in [-0.05, 0) is 20.8 Å². The number of ether oxygens (including phenoxy) is 4. The van der Waals surface area contributed by atoms with E-state index < -0.39 is 41.7 Å². The molecular weight excluding hydrogens is 332 g/mol. The van der Waals surface area contributed by atoms with Gasteiger partial charge in [-0.3, -0.25) is 14.4 Å². The monoisotopic (exact) mass is 358 g/mol. The Morgan fingerprint density at radius 1 is 0.880 bits per heavy atom. The van der Waals surface area contributed by atoms with Crippen LogP contribution in [-0.4, -0.2) is 48.3 Å². The van der Waals surface area contributed by atoms with Crippen LogP contribution in [0.1, 0.15) is 48.0 Å². The normalized spacial score (nSPS) is 13.7. The highest BCUT2D eigenvalue weighted by Crippen LogP contribution is 2.13. The van der Waals surface area contributed by atoms with Gasteiger partial charge >= 0.3 is 23.9 Å². The van der Waals surface area contributed by atoms with E-state index in [2.05, 4.69) is 0 Å². The van der Waals surface area contributed by atoms with E-state index in [9.17, 15) is 19.2 Å². The maximum absolute atomic E-state index is 11.7. The van der Waals surface area contributed by atoms with Gasteiger partial charge in [-0.15, -0.1) is 0 Å². The minimum absolute atomic E-state index is 0.0675. The van der Waals surface area contributed by atoms with Crippen LogP contribution in [0.2, 0.25) is 0 Å². The summed E-state index contributed by atoms with van der Waals surface area (Å²) in [5, 5.41) is 0. The van der Waals surface area contributed by atoms with Crippen LogP contribution in [-0.2, 0) is 38.1 Å². The van der Waals surface area contributed by atoms with E-state index in [0.29, 0.717) is 0 Å².